The number of alkyl halides is 3. The van der Waals surface area contributed by atoms with Gasteiger partial charge in [0.15, 0.2) is 17.3 Å². The molecule has 1 unspecified atom stereocenters. The van der Waals surface area contributed by atoms with Gasteiger partial charge in [-0.25, -0.2) is 13.4 Å². The van der Waals surface area contributed by atoms with Gasteiger partial charge in [0, 0.05) is 16.8 Å². The van der Waals surface area contributed by atoms with Crippen LogP contribution in [-0.4, -0.2) is 33.2 Å². The maximum atomic E-state index is 14.8. The molecule has 2 N–H and O–H groups in total. The number of carbonyl (C=O) groups excluding carboxylic acids is 1. The van der Waals surface area contributed by atoms with Crippen LogP contribution in [0, 0.1) is 17.5 Å². The Morgan fingerprint density at radius 1 is 1.19 bits per heavy atom. The van der Waals surface area contributed by atoms with E-state index in [4.69, 9.17) is 25.9 Å². The largest absolute Gasteiger partial charge is 0.492 e. The van der Waals surface area contributed by atoms with Gasteiger partial charge in [-0.3, -0.25) is 4.79 Å². The number of amides is 1. The molecule has 0 aliphatic heterocycles. The maximum absolute atomic E-state index is 14.8. The number of halogens is 5. The first-order valence-electron chi connectivity index (χ1n) is 10.1. The molecular formula is C22H19ClF4N4O4S. The lowest BCUT2D eigenvalue weighted by molar-refractivity contribution is -0.142. The van der Waals surface area contributed by atoms with E-state index < -0.39 is 61.1 Å². The van der Waals surface area contributed by atoms with E-state index in [9.17, 15) is 26.6 Å². The second-order valence-corrected chi connectivity index (χ2v) is 9.94. The van der Waals surface area contributed by atoms with Crippen LogP contribution in [0.4, 0.5) is 23.2 Å². The van der Waals surface area contributed by atoms with Gasteiger partial charge >= 0.3 is 6.18 Å². The maximum Gasteiger partial charge on any atom is 0.435 e. The summed E-state index contributed by atoms with van der Waals surface area (Å²) < 4.78 is 85.4. The Labute approximate surface area is 208 Å². The molecule has 2 aromatic carbocycles. The van der Waals surface area contributed by atoms with Crippen molar-refractivity contribution in [2.45, 2.75) is 24.9 Å². The molecule has 8 nitrogen and oxygen atoms in total. The van der Waals surface area contributed by atoms with E-state index in [1.807, 2.05) is 0 Å². The topological polar surface area (TPSA) is 114 Å². The standard InChI is InChI=1S/C22H19ClF4N4O4S/c1-4-34-14-8-9-15(18(24)17(14)23)35-21-16(11(2)19(30-31-21)22(25,26)27)20(32)29-12-6-5-7-13(10-12)36(3,28)33/h5-10,28H,4H2,1-3H3,(H,29,32). The fourth-order valence-electron chi connectivity index (χ4n) is 3.08. The summed E-state index contributed by atoms with van der Waals surface area (Å²) in [7, 11) is -3.14. The molecule has 0 bridgehead atoms. The average Bonchev–Trinajstić information content (AvgIpc) is 2.77. The van der Waals surface area contributed by atoms with Crippen molar-refractivity contribution in [3.63, 3.8) is 0 Å². The minimum atomic E-state index is -4.95. The molecule has 36 heavy (non-hydrogen) atoms. The van der Waals surface area contributed by atoms with Crippen LogP contribution in [0.15, 0.2) is 41.3 Å². The molecule has 0 aliphatic rings. The van der Waals surface area contributed by atoms with E-state index in [1.54, 1.807) is 6.92 Å². The lowest BCUT2D eigenvalue weighted by Crippen LogP contribution is -2.21. The van der Waals surface area contributed by atoms with Crippen LogP contribution in [0.25, 0.3) is 0 Å². The van der Waals surface area contributed by atoms with Crippen molar-refractivity contribution in [2.75, 3.05) is 18.2 Å². The molecule has 0 aliphatic carbocycles. The minimum Gasteiger partial charge on any atom is -0.492 e. The molecule has 1 amide bonds. The zero-order chi connectivity index (χ0) is 26.8. The van der Waals surface area contributed by atoms with Crippen molar-refractivity contribution in [1.82, 2.24) is 10.2 Å². The van der Waals surface area contributed by atoms with Crippen molar-refractivity contribution in [3.8, 4) is 17.4 Å². The van der Waals surface area contributed by atoms with Gasteiger partial charge in [-0.15, -0.1) is 10.2 Å². The number of hydrogen-bond donors (Lipinski definition) is 2. The first kappa shape index (κ1) is 27.1. The SMILES string of the molecule is CCOc1ccc(Oc2nnc(C(F)(F)F)c(C)c2C(=O)Nc2cccc(S(C)(=N)=O)c2)c(F)c1Cl. The van der Waals surface area contributed by atoms with Gasteiger partial charge in [0.25, 0.3) is 11.8 Å². The second kappa shape index (κ2) is 10.3. The highest BCUT2D eigenvalue weighted by molar-refractivity contribution is 7.91. The molecular weight excluding hydrogens is 528 g/mol. The first-order valence-corrected chi connectivity index (χ1v) is 12.5. The molecule has 1 heterocycles. The summed E-state index contributed by atoms with van der Waals surface area (Å²) in [6, 6.07) is 7.83. The number of ether oxygens (including phenoxy) is 2. The normalized spacial score (nSPS) is 13.1. The van der Waals surface area contributed by atoms with Crippen molar-refractivity contribution < 1.29 is 36.0 Å². The Hall–Kier alpha value is -3.45. The molecule has 3 rings (SSSR count). The molecule has 0 spiro atoms. The number of benzene rings is 2. The third-order valence-corrected chi connectivity index (χ3v) is 6.25. The molecule has 0 saturated heterocycles. The quantitative estimate of drug-likeness (QED) is 0.347. The van der Waals surface area contributed by atoms with Gasteiger partial charge < -0.3 is 14.8 Å². The Kier molecular flexibility index (Phi) is 7.74. The lowest BCUT2D eigenvalue weighted by atomic mass is 10.1. The molecule has 0 radical (unpaired) electrons. The second-order valence-electron chi connectivity index (χ2n) is 7.40. The highest BCUT2D eigenvalue weighted by atomic mass is 35.5. The molecule has 0 saturated carbocycles. The van der Waals surface area contributed by atoms with Crippen LogP contribution in [0.1, 0.15) is 28.5 Å². The van der Waals surface area contributed by atoms with E-state index >= 15 is 0 Å². The summed E-state index contributed by atoms with van der Waals surface area (Å²) in [4.78, 5) is 13.2. The molecule has 0 fully saturated rings. The third kappa shape index (κ3) is 5.85. The van der Waals surface area contributed by atoms with E-state index in [1.165, 1.54) is 36.6 Å². The fourth-order valence-corrected chi connectivity index (χ4v) is 3.98. The minimum absolute atomic E-state index is 0.0124. The van der Waals surface area contributed by atoms with E-state index in [0.29, 0.717) is 0 Å². The Bertz CT molecular complexity index is 1430. The summed E-state index contributed by atoms with van der Waals surface area (Å²) in [6.07, 6.45) is -3.78. The molecule has 3 aromatic rings. The fraction of sp³-hybridized carbons (Fsp3) is 0.227. The smallest absolute Gasteiger partial charge is 0.435 e. The zero-order valence-corrected chi connectivity index (χ0v) is 20.6. The number of aromatic nitrogens is 2. The predicted octanol–water partition coefficient (Wildman–Crippen LogP) is 6.08. The van der Waals surface area contributed by atoms with Crippen LogP contribution in [-0.2, 0) is 15.9 Å². The van der Waals surface area contributed by atoms with E-state index in [-0.39, 0.29) is 22.9 Å². The summed E-state index contributed by atoms with van der Waals surface area (Å²) >= 11 is 5.94. The number of nitrogens with zero attached hydrogens (tertiary/aromatic N) is 2. The Balaban J connectivity index is 2.08. The van der Waals surface area contributed by atoms with Gasteiger partial charge in [-0.05, 0) is 49.7 Å². The van der Waals surface area contributed by atoms with Gasteiger partial charge in [0.05, 0.1) is 16.3 Å². The molecule has 14 heteroatoms. The zero-order valence-electron chi connectivity index (χ0n) is 19.0. The summed E-state index contributed by atoms with van der Waals surface area (Å²) in [5.74, 6) is -3.42. The third-order valence-electron chi connectivity index (χ3n) is 4.74. The van der Waals surface area contributed by atoms with E-state index in [0.717, 1.165) is 13.0 Å². The number of rotatable bonds is 7. The number of nitrogens with one attached hydrogen (secondary N) is 2. The van der Waals surface area contributed by atoms with Crippen molar-refractivity contribution in [1.29, 1.82) is 4.78 Å². The lowest BCUT2D eigenvalue weighted by Gasteiger charge is -2.17. The highest BCUT2D eigenvalue weighted by Crippen LogP contribution is 2.38. The van der Waals surface area contributed by atoms with Gasteiger partial charge in [-0.2, -0.15) is 13.2 Å². The first-order chi connectivity index (χ1) is 16.7. The van der Waals surface area contributed by atoms with Crippen LogP contribution >= 0.6 is 11.6 Å². The highest BCUT2D eigenvalue weighted by Gasteiger charge is 2.38. The number of hydrogen-bond acceptors (Lipinski definition) is 7. The van der Waals surface area contributed by atoms with Gasteiger partial charge in [-0.1, -0.05) is 17.7 Å². The summed E-state index contributed by atoms with van der Waals surface area (Å²) in [5.41, 5.74) is -2.69. The van der Waals surface area contributed by atoms with Gasteiger partial charge in [0.2, 0.25) is 0 Å². The van der Waals surface area contributed by atoms with Gasteiger partial charge in [0.1, 0.15) is 16.3 Å². The van der Waals surface area contributed by atoms with Crippen LogP contribution in [0.2, 0.25) is 5.02 Å². The average molecular weight is 547 g/mol. The summed E-state index contributed by atoms with van der Waals surface area (Å²) in [5, 5.41) is 8.43. The van der Waals surface area contributed by atoms with Crippen LogP contribution in [0.5, 0.6) is 17.4 Å². The molecule has 1 atom stereocenters. The molecule has 1 aromatic heterocycles. The Morgan fingerprint density at radius 3 is 2.47 bits per heavy atom. The van der Waals surface area contributed by atoms with E-state index in [2.05, 4.69) is 15.5 Å². The summed E-state index contributed by atoms with van der Waals surface area (Å²) in [6.45, 7) is 2.84. The predicted molar refractivity (Wildman–Crippen MR) is 124 cm³/mol. The van der Waals surface area contributed by atoms with Crippen molar-refractivity contribution >= 4 is 32.9 Å². The molecule has 192 valence electrons. The Morgan fingerprint density at radius 2 is 1.86 bits per heavy atom. The van der Waals surface area contributed by atoms with Crippen LogP contribution < -0.4 is 14.8 Å². The van der Waals surface area contributed by atoms with Crippen molar-refractivity contribution in [2.24, 2.45) is 0 Å². The van der Waals surface area contributed by atoms with Crippen LogP contribution in [0.3, 0.4) is 0 Å². The number of carbonyl (C=O) groups is 1. The van der Waals surface area contributed by atoms with Crippen molar-refractivity contribution in [3.05, 3.63) is 64.1 Å². The number of anilines is 1. The monoisotopic (exact) mass is 546 g/mol.